The fourth-order valence-corrected chi connectivity index (χ4v) is 2.34. The second kappa shape index (κ2) is 6.00. The van der Waals surface area contributed by atoms with E-state index in [0.717, 1.165) is 5.56 Å². The predicted octanol–water partition coefficient (Wildman–Crippen LogP) is 2.36. The molecule has 0 saturated carbocycles. The number of alkyl halides is 1. The molecular weight excluding hydrogens is 298 g/mol. The molecule has 96 valence electrons. The van der Waals surface area contributed by atoms with Crippen molar-refractivity contribution in [1.29, 1.82) is 0 Å². The van der Waals surface area contributed by atoms with Crippen molar-refractivity contribution in [3.8, 4) is 0 Å². The molecule has 0 radical (unpaired) electrons. The van der Waals surface area contributed by atoms with Crippen LogP contribution in [0.3, 0.4) is 0 Å². The van der Waals surface area contributed by atoms with Gasteiger partial charge in [-0.05, 0) is 5.56 Å². The summed E-state index contributed by atoms with van der Waals surface area (Å²) in [5.74, 6) is 0.141. The third kappa shape index (κ3) is 3.32. The summed E-state index contributed by atoms with van der Waals surface area (Å²) in [6.07, 6.45) is 0.0203. The highest BCUT2D eigenvalue weighted by Crippen LogP contribution is 2.15. The minimum Gasteiger partial charge on any atom is -0.445 e. The lowest BCUT2D eigenvalue weighted by Crippen LogP contribution is -2.44. The molecule has 0 bridgehead atoms. The van der Waals surface area contributed by atoms with Gasteiger partial charge in [-0.1, -0.05) is 46.3 Å². The lowest BCUT2D eigenvalue weighted by atomic mass is 10.1. The van der Waals surface area contributed by atoms with Crippen molar-refractivity contribution in [3.05, 3.63) is 35.9 Å². The normalized spacial score (nSPS) is 19.7. The molecule has 1 aliphatic rings. The number of amides is 1. The maximum atomic E-state index is 11.8. The monoisotopic (exact) mass is 311 g/mol. The summed E-state index contributed by atoms with van der Waals surface area (Å²) in [4.78, 5) is 24.4. The molecule has 1 atom stereocenters. The molecule has 4 nitrogen and oxygen atoms in total. The van der Waals surface area contributed by atoms with Crippen LogP contribution in [0.1, 0.15) is 12.0 Å². The zero-order valence-corrected chi connectivity index (χ0v) is 11.4. The Bertz CT molecular complexity index is 435. The number of piperidine rings is 1. The summed E-state index contributed by atoms with van der Waals surface area (Å²) in [5.41, 5.74) is 0.953. The van der Waals surface area contributed by atoms with Crippen LogP contribution in [0.2, 0.25) is 0 Å². The van der Waals surface area contributed by atoms with E-state index in [0.29, 0.717) is 19.5 Å². The minimum atomic E-state index is -0.365. The van der Waals surface area contributed by atoms with Gasteiger partial charge >= 0.3 is 6.09 Å². The van der Waals surface area contributed by atoms with E-state index >= 15 is 0 Å². The molecule has 0 aliphatic carbocycles. The van der Waals surface area contributed by atoms with E-state index in [1.54, 1.807) is 4.90 Å². The van der Waals surface area contributed by atoms with E-state index in [2.05, 4.69) is 15.9 Å². The number of hydrogen-bond donors (Lipinski definition) is 0. The van der Waals surface area contributed by atoms with Gasteiger partial charge in [-0.2, -0.15) is 0 Å². The van der Waals surface area contributed by atoms with Crippen molar-refractivity contribution in [3.63, 3.8) is 0 Å². The van der Waals surface area contributed by atoms with Gasteiger partial charge in [-0.3, -0.25) is 4.79 Å². The minimum absolute atomic E-state index is 0.141. The Balaban J connectivity index is 1.83. The highest BCUT2D eigenvalue weighted by Gasteiger charge is 2.28. The number of Topliss-reactive ketones (excluding diaryl/α,β-unsaturated/α-hetero) is 1. The Morgan fingerprint density at radius 1 is 1.39 bits per heavy atom. The molecule has 0 aromatic heterocycles. The van der Waals surface area contributed by atoms with Crippen molar-refractivity contribution in [2.75, 3.05) is 13.1 Å². The molecule has 0 spiro atoms. The lowest BCUT2D eigenvalue weighted by Gasteiger charge is -2.28. The number of benzene rings is 1. The van der Waals surface area contributed by atoms with Crippen molar-refractivity contribution < 1.29 is 14.3 Å². The summed E-state index contributed by atoms with van der Waals surface area (Å²) >= 11 is 3.26. The molecule has 18 heavy (non-hydrogen) atoms. The SMILES string of the molecule is O=C1CCN(C(=O)OCc2ccccc2)C[C@H]1Br. The third-order valence-electron chi connectivity index (χ3n) is 2.82. The van der Waals surface area contributed by atoms with Gasteiger partial charge in [0.1, 0.15) is 12.4 Å². The zero-order chi connectivity index (χ0) is 13.0. The Hall–Kier alpha value is -1.36. The topological polar surface area (TPSA) is 46.6 Å². The highest BCUT2D eigenvalue weighted by atomic mass is 79.9. The van der Waals surface area contributed by atoms with Gasteiger partial charge in [0.05, 0.1) is 4.83 Å². The Morgan fingerprint density at radius 3 is 2.78 bits per heavy atom. The molecule has 1 aliphatic heterocycles. The van der Waals surface area contributed by atoms with E-state index in [1.807, 2.05) is 30.3 Å². The van der Waals surface area contributed by atoms with Gasteiger partial charge in [0.25, 0.3) is 0 Å². The van der Waals surface area contributed by atoms with Gasteiger partial charge in [0, 0.05) is 19.5 Å². The van der Waals surface area contributed by atoms with Gasteiger partial charge in [-0.15, -0.1) is 0 Å². The molecule has 5 heteroatoms. The van der Waals surface area contributed by atoms with Crippen LogP contribution in [0.4, 0.5) is 4.79 Å². The molecule has 0 unspecified atom stereocenters. The first-order valence-corrected chi connectivity index (χ1v) is 6.71. The molecule has 1 saturated heterocycles. The van der Waals surface area contributed by atoms with Crippen LogP contribution in [-0.2, 0) is 16.1 Å². The number of hydrogen-bond acceptors (Lipinski definition) is 3. The van der Waals surface area contributed by atoms with Crippen LogP contribution < -0.4 is 0 Å². The van der Waals surface area contributed by atoms with Crippen molar-refractivity contribution >= 4 is 27.8 Å². The van der Waals surface area contributed by atoms with E-state index in [4.69, 9.17) is 4.74 Å². The fourth-order valence-electron chi connectivity index (χ4n) is 1.76. The third-order valence-corrected chi connectivity index (χ3v) is 3.62. The molecule has 1 heterocycles. The average Bonchev–Trinajstić information content (AvgIpc) is 2.40. The van der Waals surface area contributed by atoms with E-state index in [1.165, 1.54) is 0 Å². The molecule has 2 rings (SSSR count). The fraction of sp³-hybridized carbons (Fsp3) is 0.385. The zero-order valence-electron chi connectivity index (χ0n) is 9.84. The summed E-state index contributed by atoms with van der Waals surface area (Å²) in [5, 5.41) is 0. The standard InChI is InChI=1S/C13H14BrNO3/c14-11-8-15(7-6-12(11)16)13(17)18-9-10-4-2-1-3-5-10/h1-5,11H,6-9H2/t11-/m1/s1. The summed E-state index contributed by atoms with van der Waals surface area (Å²) in [6.45, 7) is 1.08. The van der Waals surface area contributed by atoms with Crippen LogP contribution in [0, 0.1) is 0 Å². The Labute approximate surface area is 114 Å². The number of ketones is 1. The lowest BCUT2D eigenvalue weighted by molar-refractivity contribution is -0.120. The van der Waals surface area contributed by atoms with E-state index in [-0.39, 0.29) is 23.3 Å². The van der Waals surface area contributed by atoms with E-state index < -0.39 is 0 Å². The quantitative estimate of drug-likeness (QED) is 0.788. The van der Waals surface area contributed by atoms with Crippen molar-refractivity contribution in [2.24, 2.45) is 0 Å². The predicted molar refractivity (Wildman–Crippen MR) is 70.5 cm³/mol. The van der Waals surface area contributed by atoms with Gasteiger partial charge < -0.3 is 9.64 Å². The van der Waals surface area contributed by atoms with Gasteiger partial charge in [0.15, 0.2) is 0 Å². The Morgan fingerprint density at radius 2 is 2.11 bits per heavy atom. The molecule has 0 N–H and O–H groups in total. The summed E-state index contributed by atoms with van der Waals surface area (Å²) in [6, 6.07) is 9.52. The maximum absolute atomic E-state index is 11.8. The number of nitrogens with zero attached hydrogens (tertiary/aromatic N) is 1. The first kappa shape index (κ1) is 13.1. The number of halogens is 1. The Kier molecular flexibility index (Phi) is 4.36. The first-order valence-electron chi connectivity index (χ1n) is 5.79. The molecular formula is C13H14BrNO3. The molecule has 1 aromatic carbocycles. The molecule has 1 amide bonds. The molecule has 1 fully saturated rings. The van der Waals surface area contributed by atoms with E-state index in [9.17, 15) is 9.59 Å². The second-order valence-corrected chi connectivity index (χ2v) is 5.28. The largest absolute Gasteiger partial charge is 0.445 e. The average molecular weight is 312 g/mol. The maximum Gasteiger partial charge on any atom is 0.410 e. The highest BCUT2D eigenvalue weighted by molar-refractivity contribution is 9.10. The van der Waals surface area contributed by atoms with Crippen LogP contribution >= 0.6 is 15.9 Å². The van der Waals surface area contributed by atoms with Gasteiger partial charge in [0.2, 0.25) is 0 Å². The second-order valence-electron chi connectivity index (χ2n) is 4.17. The summed E-state index contributed by atoms with van der Waals surface area (Å²) < 4.78 is 5.21. The van der Waals surface area contributed by atoms with Crippen molar-refractivity contribution in [1.82, 2.24) is 4.90 Å². The number of carbonyl (C=O) groups excluding carboxylic acids is 2. The number of carbonyl (C=O) groups is 2. The first-order chi connectivity index (χ1) is 8.66. The van der Waals surface area contributed by atoms with Crippen LogP contribution in [0.15, 0.2) is 30.3 Å². The van der Waals surface area contributed by atoms with Crippen LogP contribution in [0.25, 0.3) is 0 Å². The van der Waals surface area contributed by atoms with Crippen LogP contribution in [0.5, 0.6) is 0 Å². The number of rotatable bonds is 2. The summed E-state index contributed by atoms with van der Waals surface area (Å²) in [7, 11) is 0. The van der Waals surface area contributed by atoms with Crippen LogP contribution in [-0.4, -0.2) is 34.7 Å². The van der Waals surface area contributed by atoms with Crippen molar-refractivity contribution in [2.45, 2.75) is 17.9 Å². The molecule has 1 aromatic rings. The number of ether oxygens (including phenoxy) is 1. The van der Waals surface area contributed by atoms with Gasteiger partial charge in [-0.25, -0.2) is 4.79 Å². The number of likely N-dealkylation sites (tertiary alicyclic amines) is 1. The smallest absolute Gasteiger partial charge is 0.410 e.